The van der Waals surface area contributed by atoms with Gasteiger partial charge in [-0.2, -0.15) is 0 Å². The lowest BCUT2D eigenvalue weighted by atomic mass is 9.96. The van der Waals surface area contributed by atoms with E-state index in [0.717, 1.165) is 32.3 Å². The van der Waals surface area contributed by atoms with Gasteiger partial charge in [-0.1, -0.05) is 48.5 Å². The third-order valence-electron chi connectivity index (χ3n) is 3.84. The van der Waals surface area contributed by atoms with Crippen molar-refractivity contribution in [2.75, 3.05) is 0 Å². The van der Waals surface area contributed by atoms with Crippen LogP contribution in [-0.4, -0.2) is 10.2 Å². The fourth-order valence-electron chi connectivity index (χ4n) is 2.91. The number of phenolic OH excluding ortho intramolecular Hbond substituents is 2. The summed E-state index contributed by atoms with van der Waals surface area (Å²) in [4.78, 5) is 0. The van der Waals surface area contributed by atoms with Gasteiger partial charge in [-0.15, -0.1) is 0 Å². The van der Waals surface area contributed by atoms with Crippen molar-refractivity contribution in [1.29, 1.82) is 0 Å². The molecule has 0 amide bonds. The zero-order valence-electron chi connectivity index (χ0n) is 10.7. The Morgan fingerprint density at radius 2 is 0.800 bits per heavy atom. The molecule has 4 aromatic carbocycles. The molecule has 0 unspecified atom stereocenters. The lowest BCUT2D eigenvalue weighted by Gasteiger charge is -2.10. The monoisotopic (exact) mass is 260 g/mol. The average molecular weight is 260 g/mol. The Kier molecular flexibility index (Phi) is 2.15. The highest BCUT2D eigenvalue weighted by Gasteiger charge is 2.10. The quantitative estimate of drug-likeness (QED) is 0.455. The maximum Gasteiger partial charge on any atom is 0.124 e. The molecular weight excluding hydrogens is 248 g/mol. The second-order valence-electron chi connectivity index (χ2n) is 4.98. The van der Waals surface area contributed by atoms with Gasteiger partial charge >= 0.3 is 0 Å². The average Bonchev–Trinajstić information content (AvgIpc) is 2.49. The van der Waals surface area contributed by atoms with Gasteiger partial charge < -0.3 is 10.2 Å². The van der Waals surface area contributed by atoms with E-state index in [2.05, 4.69) is 0 Å². The van der Waals surface area contributed by atoms with Crippen LogP contribution in [0.15, 0.2) is 60.7 Å². The Labute approximate surface area is 115 Å². The van der Waals surface area contributed by atoms with Gasteiger partial charge in [0.05, 0.1) is 0 Å². The van der Waals surface area contributed by atoms with Gasteiger partial charge in [0.25, 0.3) is 0 Å². The standard InChI is InChI=1S/C18H12O2/c19-17-10-16-12-6-2-4-8-14(12)18(20)9-15(16)11-5-1-3-7-13(11)17/h1-10,19-20H. The van der Waals surface area contributed by atoms with Crippen LogP contribution in [-0.2, 0) is 0 Å². The summed E-state index contributed by atoms with van der Waals surface area (Å²) in [5.74, 6) is 0.535. The second kappa shape index (κ2) is 3.87. The highest BCUT2D eigenvalue weighted by atomic mass is 16.3. The van der Waals surface area contributed by atoms with Crippen molar-refractivity contribution in [1.82, 2.24) is 0 Å². The van der Waals surface area contributed by atoms with Crippen LogP contribution in [0.25, 0.3) is 32.3 Å². The zero-order chi connectivity index (χ0) is 13.7. The molecule has 0 spiro atoms. The van der Waals surface area contributed by atoms with Crippen LogP contribution in [0, 0.1) is 0 Å². The minimum absolute atomic E-state index is 0.268. The molecule has 0 saturated heterocycles. The minimum atomic E-state index is 0.268. The molecule has 0 fully saturated rings. The first-order chi connectivity index (χ1) is 9.75. The summed E-state index contributed by atoms with van der Waals surface area (Å²) < 4.78 is 0. The summed E-state index contributed by atoms with van der Waals surface area (Å²) >= 11 is 0. The summed E-state index contributed by atoms with van der Waals surface area (Å²) in [7, 11) is 0. The van der Waals surface area contributed by atoms with Gasteiger partial charge in [-0.25, -0.2) is 0 Å². The minimum Gasteiger partial charge on any atom is -0.507 e. The Morgan fingerprint density at radius 3 is 1.20 bits per heavy atom. The number of hydrogen-bond acceptors (Lipinski definition) is 2. The first-order valence-electron chi connectivity index (χ1n) is 6.51. The molecule has 0 saturated carbocycles. The van der Waals surface area contributed by atoms with Crippen molar-refractivity contribution < 1.29 is 10.2 Å². The fraction of sp³-hybridized carbons (Fsp3) is 0. The highest BCUT2D eigenvalue weighted by Crippen LogP contribution is 2.39. The molecule has 0 aliphatic heterocycles. The molecule has 2 nitrogen and oxygen atoms in total. The van der Waals surface area contributed by atoms with Gasteiger partial charge in [-0.3, -0.25) is 0 Å². The predicted octanol–water partition coefficient (Wildman–Crippen LogP) is 4.56. The maximum absolute atomic E-state index is 10.2. The van der Waals surface area contributed by atoms with E-state index in [0.29, 0.717) is 0 Å². The van der Waals surface area contributed by atoms with E-state index in [1.165, 1.54) is 0 Å². The van der Waals surface area contributed by atoms with E-state index >= 15 is 0 Å². The summed E-state index contributed by atoms with van der Waals surface area (Å²) in [5.41, 5.74) is 0. The number of fused-ring (bicyclic) bond motifs is 5. The van der Waals surface area contributed by atoms with Crippen LogP contribution >= 0.6 is 0 Å². The Morgan fingerprint density at radius 1 is 0.450 bits per heavy atom. The molecule has 0 radical (unpaired) electrons. The first-order valence-corrected chi connectivity index (χ1v) is 6.51. The molecule has 0 bridgehead atoms. The molecular formula is C18H12O2. The van der Waals surface area contributed by atoms with Gasteiger partial charge in [0, 0.05) is 10.8 Å². The molecule has 0 heterocycles. The van der Waals surface area contributed by atoms with E-state index < -0.39 is 0 Å². The smallest absolute Gasteiger partial charge is 0.124 e. The van der Waals surface area contributed by atoms with Crippen LogP contribution < -0.4 is 0 Å². The summed E-state index contributed by atoms with van der Waals surface area (Å²) in [6.07, 6.45) is 0. The molecule has 20 heavy (non-hydrogen) atoms. The summed E-state index contributed by atoms with van der Waals surface area (Å²) in [5, 5.41) is 25.9. The lowest BCUT2D eigenvalue weighted by Crippen LogP contribution is -1.82. The third-order valence-corrected chi connectivity index (χ3v) is 3.84. The van der Waals surface area contributed by atoms with E-state index in [9.17, 15) is 10.2 Å². The Hall–Kier alpha value is -2.74. The number of hydrogen-bond donors (Lipinski definition) is 2. The first kappa shape index (κ1) is 11.1. The highest BCUT2D eigenvalue weighted by molar-refractivity contribution is 6.20. The molecule has 0 aromatic heterocycles. The molecule has 0 atom stereocenters. The van der Waals surface area contributed by atoms with Gasteiger partial charge in [0.2, 0.25) is 0 Å². The van der Waals surface area contributed by atoms with Crippen LogP contribution in [0.2, 0.25) is 0 Å². The topological polar surface area (TPSA) is 40.5 Å². The van der Waals surface area contributed by atoms with Crippen LogP contribution in [0.4, 0.5) is 0 Å². The van der Waals surface area contributed by atoms with Gasteiger partial charge in [0.1, 0.15) is 11.5 Å². The fourth-order valence-corrected chi connectivity index (χ4v) is 2.91. The number of phenols is 2. The SMILES string of the molecule is Oc1cc2c3ccccc3c(O)cc2c2ccccc12. The number of rotatable bonds is 0. The zero-order valence-corrected chi connectivity index (χ0v) is 10.7. The molecule has 4 rings (SSSR count). The van der Waals surface area contributed by atoms with E-state index in [1.54, 1.807) is 12.1 Å². The molecule has 2 N–H and O–H groups in total. The molecule has 96 valence electrons. The van der Waals surface area contributed by atoms with E-state index in [-0.39, 0.29) is 11.5 Å². The summed E-state index contributed by atoms with van der Waals surface area (Å²) in [6, 6.07) is 18.9. The van der Waals surface area contributed by atoms with Crippen LogP contribution in [0.3, 0.4) is 0 Å². The second-order valence-corrected chi connectivity index (χ2v) is 4.98. The molecule has 2 heteroatoms. The maximum atomic E-state index is 10.2. The molecule has 0 aliphatic rings. The molecule has 4 aromatic rings. The van der Waals surface area contributed by atoms with Gasteiger partial charge in [0.15, 0.2) is 0 Å². The van der Waals surface area contributed by atoms with E-state index in [4.69, 9.17) is 0 Å². The van der Waals surface area contributed by atoms with Crippen molar-refractivity contribution in [3.05, 3.63) is 60.7 Å². The van der Waals surface area contributed by atoms with Crippen LogP contribution in [0.1, 0.15) is 0 Å². The Balaban J connectivity index is 2.36. The number of aromatic hydroxyl groups is 2. The van der Waals surface area contributed by atoms with Crippen molar-refractivity contribution in [2.45, 2.75) is 0 Å². The number of benzene rings is 4. The van der Waals surface area contributed by atoms with Crippen LogP contribution in [0.5, 0.6) is 11.5 Å². The molecule has 0 aliphatic carbocycles. The van der Waals surface area contributed by atoms with Crippen molar-refractivity contribution in [2.24, 2.45) is 0 Å². The lowest BCUT2D eigenvalue weighted by molar-refractivity contribution is 0.481. The largest absolute Gasteiger partial charge is 0.507 e. The Bertz CT molecular complexity index is 890. The van der Waals surface area contributed by atoms with Crippen molar-refractivity contribution >= 4 is 32.3 Å². The summed E-state index contributed by atoms with van der Waals surface area (Å²) in [6.45, 7) is 0. The van der Waals surface area contributed by atoms with Crippen molar-refractivity contribution in [3.63, 3.8) is 0 Å². The predicted molar refractivity (Wildman–Crippen MR) is 82.3 cm³/mol. The normalized spacial score (nSPS) is 11.4. The third kappa shape index (κ3) is 1.39. The van der Waals surface area contributed by atoms with Gasteiger partial charge in [-0.05, 0) is 33.7 Å². The van der Waals surface area contributed by atoms with Crippen molar-refractivity contribution in [3.8, 4) is 11.5 Å². The van der Waals surface area contributed by atoms with E-state index in [1.807, 2.05) is 48.5 Å².